The number of hydrogen-bond acceptors (Lipinski definition) is 3. The van der Waals surface area contributed by atoms with Gasteiger partial charge in [-0.05, 0) is 43.4 Å². The van der Waals surface area contributed by atoms with Crippen molar-refractivity contribution in [1.82, 2.24) is 5.32 Å². The first-order valence-corrected chi connectivity index (χ1v) is 8.22. The number of amides is 1. The number of nitrogens with one attached hydrogen (secondary N) is 1. The maximum absolute atomic E-state index is 12.8. The lowest BCUT2D eigenvalue weighted by atomic mass is 10.0. The molecule has 0 heterocycles. The fourth-order valence-electron chi connectivity index (χ4n) is 3.01. The van der Waals surface area contributed by atoms with Crippen LogP contribution in [0, 0.1) is 12.8 Å². The van der Waals surface area contributed by atoms with Crippen molar-refractivity contribution in [3.63, 3.8) is 0 Å². The molecule has 4 nitrogen and oxygen atoms in total. The van der Waals surface area contributed by atoms with Crippen LogP contribution in [0.3, 0.4) is 0 Å². The van der Waals surface area contributed by atoms with Gasteiger partial charge in [-0.15, -0.1) is 0 Å². The van der Waals surface area contributed by atoms with Crippen LogP contribution >= 0.6 is 0 Å². The number of benzene rings is 2. The minimum Gasteiger partial charge on any atom is -0.496 e. The second-order valence-corrected chi connectivity index (χ2v) is 6.21. The molecule has 1 saturated carbocycles. The van der Waals surface area contributed by atoms with Crippen LogP contribution in [0.15, 0.2) is 42.5 Å². The highest BCUT2D eigenvalue weighted by Gasteiger charge is 2.33. The molecular formula is C20H23NO3. The lowest BCUT2D eigenvalue weighted by molar-refractivity contribution is 0.0931. The molecule has 4 heteroatoms. The van der Waals surface area contributed by atoms with Crippen LogP contribution in [-0.4, -0.2) is 20.1 Å². The minimum absolute atomic E-state index is 0.0528. The molecule has 24 heavy (non-hydrogen) atoms. The van der Waals surface area contributed by atoms with E-state index in [2.05, 4.69) is 17.4 Å². The van der Waals surface area contributed by atoms with E-state index in [4.69, 9.17) is 9.47 Å². The maximum Gasteiger partial charge on any atom is 0.252 e. The smallest absolute Gasteiger partial charge is 0.252 e. The van der Waals surface area contributed by atoms with E-state index in [9.17, 15) is 4.79 Å². The van der Waals surface area contributed by atoms with Crippen molar-refractivity contribution < 1.29 is 14.3 Å². The number of rotatable bonds is 6. The maximum atomic E-state index is 12.8. The Kier molecular flexibility index (Phi) is 4.74. The van der Waals surface area contributed by atoms with Gasteiger partial charge < -0.3 is 14.8 Å². The monoisotopic (exact) mass is 325 g/mol. The van der Waals surface area contributed by atoms with Gasteiger partial charge in [-0.1, -0.05) is 30.3 Å². The van der Waals surface area contributed by atoms with E-state index in [1.165, 1.54) is 0 Å². The van der Waals surface area contributed by atoms with Crippen molar-refractivity contribution >= 4 is 5.91 Å². The molecule has 1 aliphatic carbocycles. The summed E-state index contributed by atoms with van der Waals surface area (Å²) in [4.78, 5) is 12.8. The summed E-state index contributed by atoms with van der Waals surface area (Å²) in [7, 11) is 3.20. The molecule has 2 aromatic rings. The molecule has 2 aromatic carbocycles. The third-order valence-corrected chi connectivity index (χ3v) is 4.55. The average molecular weight is 325 g/mol. The van der Waals surface area contributed by atoms with Gasteiger partial charge in [-0.25, -0.2) is 0 Å². The summed E-state index contributed by atoms with van der Waals surface area (Å²) in [6.07, 6.45) is 2.31. The van der Waals surface area contributed by atoms with Gasteiger partial charge in [0, 0.05) is 11.1 Å². The Morgan fingerprint density at radius 2 is 1.67 bits per heavy atom. The van der Waals surface area contributed by atoms with Gasteiger partial charge in [0.05, 0.1) is 20.3 Å². The standard InChI is InChI=1S/C20H23NO3/c1-13-17(23-2)11-16(12-18(13)24-3)20(22)21-19(15-9-10-15)14-7-5-4-6-8-14/h4-8,11-12,15,19H,9-10H2,1-3H3,(H,21,22)/t19-/m0/s1. The first-order valence-electron chi connectivity index (χ1n) is 8.22. The second kappa shape index (κ2) is 6.95. The predicted molar refractivity (Wildman–Crippen MR) is 93.7 cm³/mol. The Balaban J connectivity index is 1.86. The summed E-state index contributed by atoms with van der Waals surface area (Å²) in [5, 5.41) is 3.18. The predicted octanol–water partition coefficient (Wildman–Crippen LogP) is 3.89. The molecule has 1 atom stereocenters. The summed E-state index contributed by atoms with van der Waals surface area (Å²) < 4.78 is 10.7. The molecule has 0 aromatic heterocycles. The molecule has 1 N–H and O–H groups in total. The van der Waals surface area contributed by atoms with Crippen LogP contribution in [0.1, 0.15) is 40.4 Å². The van der Waals surface area contributed by atoms with Crippen LogP contribution in [-0.2, 0) is 0 Å². The van der Waals surface area contributed by atoms with Crippen molar-refractivity contribution in [3.05, 3.63) is 59.2 Å². The van der Waals surface area contributed by atoms with Crippen LogP contribution < -0.4 is 14.8 Å². The molecule has 0 spiro atoms. The molecular weight excluding hydrogens is 302 g/mol. The number of carbonyl (C=O) groups is 1. The van der Waals surface area contributed by atoms with Crippen molar-refractivity contribution in [3.8, 4) is 11.5 Å². The molecule has 0 aliphatic heterocycles. The first-order chi connectivity index (χ1) is 11.6. The van der Waals surface area contributed by atoms with Gasteiger partial charge in [0.25, 0.3) is 5.91 Å². The summed E-state index contributed by atoms with van der Waals surface area (Å²) >= 11 is 0. The van der Waals surface area contributed by atoms with Crippen LogP contribution in [0.4, 0.5) is 0 Å². The van der Waals surface area contributed by atoms with Crippen molar-refractivity contribution in [1.29, 1.82) is 0 Å². The topological polar surface area (TPSA) is 47.6 Å². The third kappa shape index (κ3) is 3.37. The zero-order valence-corrected chi connectivity index (χ0v) is 14.3. The van der Waals surface area contributed by atoms with Gasteiger partial charge >= 0.3 is 0 Å². The van der Waals surface area contributed by atoms with E-state index in [0.29, 0.717) is 23.0 Å². The molecule has 3 rings (SSSR count). The highest BCUT2D eigenvalue weighted by Crippen LogP contribution is 2.41. The fraction of sp³-hybridized carbons (Fsp3) is 0.350. The number of hydrogen-bond donors (Lipinski definition) is 1. The fourth-order valence-corrected chi connectivity index (χ4v) is 3.01. The van der Waals surface area contributed by atoms with Crippen molar-refractivity contribution in [2.45, 2.75) is 25.8 Å². The normalized spacial score (nSPS) is 14.8. The Hall–Kier alpha value is -2.49. The van der Waals surface area contributed by atoms with E-state index in [1.807, 2.05) is 25.1 Å². The minimum atomic E-state index is -0.104. The Morgan fingerprint density at radius 1 is 1.08 bits per heavy atom. The number of carbonyl (C=O) groups excluding carboxylic acids is 1. The van der Waals surface area contributed by atoms with Crippen LogP contribution in [0.2, 0.25) is 0 Å². The molecule has 0 radical (unpaired) electrons. The van der Waals surface area contributed by atoms with Crippen LogP contribution in [0.25, 0.3) is 0 Å². The van der Waals surface area contributed by atoms with Crippen LogP contribution in [0.5, 0.6) is 11.5 Å². The SMILES string of the molecule is COc1cc(C(=O)N[C@@H](c2ccccc2)C2CC2)cc(OC)c1C. The highest BCUT2D eigenvalue weighted by atomic mass is 16.5. The molecule has 0 bridgehead atoms. The lowest BCUT2D eigenvalue weighted by Crippen LogP contribution is -2.30. The summed E-state index contributed by atoms with van der Waals surface area (Å²) in [5.74, 6) is 1.72. The molecule has 0 unspecified atom stereocenters. The Bertz CT molecular complexity index is 698. The quantitative estimate of drug-likeness (QED) is 0.876. The van der Waals surface area contributed by atoms with E-state index < -0.39 is 0 Å². The zero-order valence-electron chi connectivity index (χ0n) is 14.3. The zero-order chi connectivity index (χ0) is 17.1. The lowest BCUT2D eigenvalue weighted by Gasteiger charge is -2.20. The summed E-state index contributed by atoms with van der Waals surface area (Å²) in [5.41, 5.74) is 2.59. The van der Waals surface area contributed by atoms with E-state index in [1.54, 1.807) is 26.4 Å². The van der Waals surface area contributed by atoms with Gasteiger partial charge in [-0.3, -0.25) is 4.79 Å². The van der Waals surface area contributed by atoms with E-state index in [0.717, 1.165) is 24.0 Å². The number of ether oxygens (including phenoxy) is 2. The van der Waals surface area contributed by atoms with Crippen molar-refractivity contribution in [2.24, 2.45) is 5.92 Å². The summed E-state index contributed by atoms with van der Waals surface area (Å²) in [6, 6.07) is 13.7. The molecule has 1 aliphatic rings. The molecule has 1 fully saturated rings. The van der Waals surface area contributed by atoms with Gasteiger partial charge in [0.1, 0.15) is 11.5 Å². The van der Waals surface area contributed by atoms with Crippen molar-refractivity contribution in [2.75, 3.05) is 14.2 Å². The highest BCUT2D eigenvalue weighted by molar-refractivity contribution is 5.95. The number of methoxy groups -OCH3 is 2. The first kappa shape index (κ1) is 16.4. The third-order valence-electron chi connectivity index (χ3n) is 4.55. The molecule has 0 saturated heterocycles. The second-order valence-electron chi connectivity index (χ2n) is 6.21. The molecule has 126 valence electrons. The summed E-state index contributed by atoms with van der Waals surface area (Å²) in [6.45, 7) is 1.91. The van der Waals surface area contributed by atoms with Gasteiger partial charge in [0.15, 0.2) is 0 Å². The Labute approximate surface area is 142 Å². The van der Waals surface area contributed by atoms with E-state index in [-0.39, 0.29) is 11.9 Å². The molecule has 1 amide bonds. The van der Waals surface area contributed by atoms with Gasteiger partial charge in [-0.2, -0.15) is 0 Å². The largest absolute Gasteiger partial charge is 0.496 e. The Morgan fingerprint density at radius 3 is 2.17 bits per heavy atom. The average Bonchev–Trinajstić information content (AvgIpc) is 3.45. The van der Waals surface area contributed by atoms with E-state index >= 15 is 0 Å². The van der Waals surface area contributed by atoms with Gasteiger partial charge in [0.2, 0.25) is 0 Å².